The molecule has 2 aromatic heterocycles. The van der Waals surface area contributed by atoms with E-state index in [4.69, 9.17) is 0 Å². The molecule has 3 nitrogen and oxygen atoms in total. The second-order valence-corrected chi connectivity index (χ2v) is 7.59. The topological polar surface area (TPSA) is 29.3 Å². The molecule has 0 amide bonds. The number of hydrogen-bond donors (Lipinski definition) is 1. The Bertz CT molecular complexity index is 617. The predicted molar refractivity (Wildman–Crippen MR) is 78.6 cm³/mol. The monoisotopic (exact) mass is 275 g/mol. The zero-order valence-electron chi connectivity index (χ0n) is 11.7. The summed E-state index contributed by atoms with van der Waals surface area (Å²) in [7, 11) is 0. The first kappa shape index (κ1) is 11.9. The Hall–Kier alpha value is -0.870. The molecule has 0 bridgehead atoms. The molecule has 4 heteroatoms. The lowest BCUT2D eigenvalue weighted by atomic mass is 10.0. The lowest BCUT2D eigenvalue weighted by Crippen LogP contribution is -2.25. The molecule has 0 atom stereocenters. The van der Waals surface area contributed by atoms with Crippen molar-refractivity contribution in [3.05, 3.63) is 22.5 Å². The third kappa shape index (κ3) is 2.01. The van der Waals surface area contributed by atoms with E-state index in [1.54, 1.807) is 11.3 Å². The molecule has 4 rings (SSSR count). The van der Waals surface area contributed by atoms with E-state index in [1.807, 2.05) is 0 Å². The summed E-state index contributed by atoms with van der Waals surface area (Å²) < 4.78 is 2.26. The summed E-state index contributed by atoms with van der Waals surface area (Å²) in [6.07, 6.45) is 8.06. The van der Waals surface area contributed by atoms with Crippen LogP contribution in [0.15, 0.2) is 6.20 Å². The third-order valence-electron chi connectivity index (χ3n) is 4.85. The van der Waals surface area contributed by atoms with E-state index >= 15 is 0 Å². The van der Waals surface area contributed by atoms with Gasteiger partial charge in [-0.05, 0) is 50.9 Å². The number of aryl methyl sites for hydroxylation is 2. The number of fused-ring (bicyclic) bond motifs is 1. The molecule has 2 saturated carbocycles. The lowest BCUT2D eigenvalue weighted by Gasteiger charge is -2.14. The van der Waals surface area contributed by atoms with E-state index in [1.165, 1.54) is 48.5 Å². The molecule has 1 N–H and O–H groups in total. The van der Waals surface area contributed by atoms with Crippen LogP contribution >= 0.6 is 11.3 Å². The zero-order chi connectivity index (χ0) is 13.0. The molecular formula is C15H21N3S. The Morgan fingerprint density at radius 1 is 1.42 bits per heavy atom. The number of nitrogens with zero attached hydrogens (tertiary/aromatic N) is 2. The highest BCUT2D eigenvalue weighted by Crippen LogP contribution is 2.60. The van der Waals surface area contributed by atoms with Gasteiger partial charge in [0.2, 0.25) is 0 Å². The highest BCUT2D eigenvalue weighted by molar-refractivity contribution is 7.17. The summed E-state index contributed by atoms with van der Waals surface area (Å²) in [5.74, 6) is 1.04. The first-order valence-electron chi connectivity index (χ1n) is 7.33. The van der Waals surface area contributed by atoms with Gasteiger partial charge in [-0.25, -0.2) is 4.98 Å². The Morgan fingerprint density at radius 3 is 2.89 bits per heavy atom. The average molecular weight is 275 g/mol. The van der Waals surface area contributed by atoms with Crippen LogP contribution in [-0.4, -0.2) is 15.9 Å². The van der Waals surface area contributed by atoms with Gasteiger partial charge in [0.1, 0.15) is 0 Å². The second-order valence-electron chi connectivity index (χ2n) is 6.38. The summed E-state index contributed by atoms with van der Waals surface area (Å²) in [5.41, 5.74) is 3.20. The normalized spacial score (nSPS) is 21.2. The fourth-order valence-corrected chi connectivity index (χ4v) is 4.23. The largest absolute Gasteiger partial charge is 0.311 e. The maximum atomic E-state index is 4.65. The van der Waals surface area contributed by atoms with Gasteiger partial charge in [-0.1, -0.05) is 0 Å². The number of aromatic nitrogens is 2. The van der Waals surface area contributed by atoms with Gasteiger partial charge < -0.3 is 5.32 Å². The van der Waals surface area contributed by atoms with E-state index in [2.05, 4.69) is 34.7 Å². The molecule has 2 aliphatic carbocycles. The minimum Gasteiger partial charge on any atom is -0.311 e. The van der Waals surface area contributed by atoms with Crippen LogP contribution < -0.4 is 5.32 Å². The van der Waals surface area contributed by atoms with Crippen molar-refractivity contribution in [1.82, 2.24) is 14.7 Å². The smallest absolute Gasteiger partial charge is 0.194 e. The molecule has 0 aromatic carbocycles. The molecule has 0 unspecified atom stereocenters. The maximum Gasteiger partial charge on any atom is 0.194 e. The summed E-state index contributed by atoms with van der Waals surface area (Å²) in [4.78, 5) is 7.12. The van der Waals surface area contributed by atoms with E-state index in [9.17, 15) is 0 Å². The highest BCUT2D eigenvalue weighted by atomic mass is 32.1. The summed E-state index contributed by atoms with van der Waals surface area (Å²) in [6.45, 7) is 6.43. The van der Waals surface area contributed by atoms with Crippen molar-refractivity contribution in [3.63, 3.8) is 0 Å². The van der Waals surface area contributed by atoms with Crippen molar-refractivity contribution >= 4 is 16.3 Å². The van der Waals surface area contributed by atoms with Crippen molar-refractivity contribution in [1.29, 1.82) is 0 Å². The van der Waals surface area contributed by atoms with Crippen LogP contribution in [0.2, 0.25) is 0 Å². The van der Waals surface area contributed by atoms with Crippen LogP contribution in [0.4, 0.5) is 0 Å². The van der Waals surface area contributed by atoms with Crippen molar-refractivity contribution in [3.8, 4) is 0 Å². The Morgan fingerprint density at radius 2 is 2.21 bits per heavy atom. The second kappa shape index (κ2) is 4.06. The molecule has 0 radical (unpaired) electrons. The van der Waals surface area contributed by atoms with Crippen molar-refractivity contribution in [2.75, 3.05) is 6.54 Å². The summed E-state index contributed by atoms with van der Waals surface area (Å²) >= 11 is 1.78. The maximum absolute atomic E-state index is 4.65. The Labute approximate surface area is 118 Å². The van der Waals surface area contributed by atoms with Crippen molar-refractivity contribution in [2.45, 2.75) is 46.1 Å². The van der Waals surface area contributed by atoms with Gasteiger partial charge >= 0.3 is 0 Å². The van der Waals surface area contributed by atoms with Crippen LogP contribution in [0.5, 0.6) is 0 Å². The molecule has 102 valence electrons. The molecule has 2 fully saturated rings. The lowest BCUT2D eigenvalue weighted by molar-refractivity contribution is 0.402. The molecule has 0 saturated heterocycles. The van der Waals surface area contributed by atoms with Crippen molar-refractivity contribution < 1.29 is 0 Å². The molecule has 2 aliphatic rings. The minimum absolute atomic E-state index is 0.683. The minimum atomic E-state index is 0.683. The van der Waals surface area contributed by atoms with Gasteiger partial charge in [-0.3, -0.25) is 4.40 Å². The number of rotatable bonds is 5. The van der Waals surface area contributed by atoms with Crippen LogP contribution in [0.25, 0.3) is 4.96 Å². The molecule has 2 aromatic rings. The highest BCUT2D eigenvalue weighted by Gasteiger charge is 2.53. The number of hydrogen-bond acceptors (Lipinski definition) is 3. The van der Waals surface area contributed by atoms with Gasteiger partial charge in [0.25, 0.3) is 0 Å². The molecule has 2 heterocycles. The number of nitrogens with one attached hydrogen (secondary N) is 1. The molecular weight excluding hydrogens is 254 g/mol. The first-order chi connectivity index (χ1) is 9.18. The quantitative estimate of drug-likeness (QED) is 0.907. The molecule has 0 spiro atoms. The predicted octanol–water partition coefficient (Wildman–Crippen LogP) is 3.29. The van der Waals surface area contributed by atoms with E-state index in [-0.39, 0.29) is 0 Å². The Kier molecular flexibility index (Phi) is 2.55. The average Bonchev–Trinajstić information content (AvgIpc) is 3.23. The van der Waals surface area contributed by atoms with Gasteiger partial charge in [0.15, 0.2) is 4.96 Å². The van der Waals surface area contributed by atoms with Gasteiger partial charge in [0.05, 0.1) is 11.4 Å². The number of imidazole rings is 1. The zero-order valence-corrected chi connectivity index (χ0v) is 12.5. The SMILES string of the molecule is Cc1cn2c(CNCC3(C4CC4)CC3)c(C)nc2s1. The molecule has 0 aliphatic heterocycles. The number of thiazole rings is 1. The van der Waals surface area contributed by atoms with Gasteiger partial charge in [0, 0.05) is 24.2 Å². The first-order valence-corrected chi connectivity index (χ1v) is 8.14. The van der Waals surface area contributed by atoms with Crippen LogP contribution in [-0.2, 0) is 6.54 Å². The van der Waals surface area contributed by atoms with E-state index in [0.717, 1.165) is 17.4 Å². The standard InChI is InChI=1S/C15H21N3S/c1-10-8-18-13(11(2)17-14(18)19-10)7-16-9-15(5-6-15)12-3-4-12/h8,12,16H,3-7,9H2,1-2H3. The molecule has 19 heavy (non-hydrogen) atoms. The Balaban J connectivity index is 1.47. The van der Waals surface area contributed by atoms with Crippen LogP contribution in [0.3, 0.4) is 0 Å². The fourth-order valence-electron chi connectivity index (χ4n) is 3.34. The van der Waals surface area contributed by atoms with Crippen LogP contribution in [0.1, 0.15) is 41.9 Å². The van der Waals surface area contributed by atoms with Crippen LogP contribution in [0, 0.1) is 25.2 Å². The van der Waals surface area contributed by atoms with E-state index in [0.29, 0.717) is 5.41 Å². The summed E-state index contributed by atoms with van der Waals surface area (Å²) in [5, 5.41) is 3.70. The van der Waals surface area contributed by atoms with Gasteiger partial charge in [-0.15, -0.1) is 11.3 Å². The third-order valence-corrected chi connectivity index (χ3v) is 5.74. The fraction of sp³-hybridized carbons (Fsp3) is 0.667. The van der Waals surface area contributed by atoms with Gasteiger partial charge in [-0.2, -0.15) is 0 Å². The van der Waals surface area contributed by atoms with E-state index < -0.39 is 0 Å². The summed E-state index contributed by atoms with van der Waals surface area (Å²) in [6, 6.07) is 0. The van der Waals surface area contributed by atoms with Crippen molar-refractivity contribution in [2.24, 2.45) is 11.3 Å².